The van der Waals surface area contributed by atoms with E-state index >= 15 is 0 Å². The predicted molar refractivity (Wildman–Crippen MR) is 94.5 cm³/mol. The molecule has 2 atom stereocenters. The van der Waals surface area contributed by atoms with Crippen molar-refractivity contribution in [3.63, 3.8) is 0 Å². The Labute approximate surface area is 151 Å². The number of sulfonamides is 1. The second-order valence-electron chi connectivity index (χ2n) is 5.82. The summed E-state index contributed by atoms with van der Waals surface area (Å²) in [4.78, 5) is 0.151. The van der Waals surface area contributed by atoms with Gasteiger partial charge in [0.15, 0.2) is 0 Å². The zero-order chi connectivity index (χ0) is 18.2. The molecule has 9 heteroatoms. The number of H-pyrrole nitrogens is 1. The number of halogens is 1. The second kappa shape index (κ2) is 6.78. The fourth-order valence-corrected chi connectivity index (χ4v) is 5.38. The summed E-state index contributed by atoms with van der Waals surface area (Å²) in [6, 6.07) is 5.07. The Morgan fingerprint density at radius 3 is 2.44 bits per heavy atom. The summed E-state index contributed by atoms with van der Waals surface area (Å²) in [5.41, 5.74) is 1.57. The van der Waals surface area contributed by atoms with Crippen LogP contribution in [-0.4, -0.2) is 39.9 Å². The monoisotopic (exact) mass is 382 g/mol. The summed E-state index contributed by atoms with van der Waals surface area (Å²) < 4.78 is 28.1. The molecule has 3 rings (SSSR count). The molecular formula is C16H19ClN4O3S. The molecule has 2 aromatic rings. The van der Waals surface area contributed by atoms with Gasteiger partial charge in [0, 0.05) is 10.6 Å². The van der Waals surface area contributed by atoms with Gasteiger partial charge in [-0.05, 0) is 37.1 Å². The van der Waals surface area contributed by atoms with E-state index in [1.807, 2.05) is 13.8 Å². The SMILES string of the molecule is CC[C@@H]1c2cn[nH]c2/C(=N/O)[C@H](CC)N1S(=O)(=O)c1ccc(Cl)cc1. The second-order valence-corrected chi connectivity index (χ2v) is 8.10. The molecule has 1 aromatic carbocycles. The van der Waals surface area contributed by atoms with Gasteiger partial charge in [-0.2, -0.15) is 9.40 Å². The Morgan fingerprint density at radius 1 is 1.24 bits per heavy atom. The molecule has 0 fully saturated rings. The maximum atomic E-state index is 13.3. The van der Waals surface area contributed by atoms with Crippen molar-refractivity contribution in [3.8, 4) is 0 Å². The molecule has 0 aliphatic carbocycles. The van der Waals surface area contributed by atoms with Crippen molar-refractivity contribution >= 4 is 27.3 Å². The van der Waals surface area contributed by atoms with Gasteiger partial charge in [-0.3, -0.25) is 5.10 Å². The summed E-state index contributed by atoms with van der Waals surface area (Å²) in [7, 11) is -3.82. The summed E-state index contributed by atoms with van der Waals surface area (Å²) in [6.45, 7) is 3.77. The van der Waals surface area contributed by atoms with Gasteiger partial charge in [0.2, 0.25) is 10.0 Å². The molecule has 0 saturated heterocycles. The van der Waals surface area contributed by atoms with Gasteiger partial charge in [0.05, 0.1) is 28.9 Å². The highest BCUT2D eigenvalue weighted by Gasteiger charge is 2.45. The van der Waals surface area contributed by atoms with Crippen molar-refractivity contribution < 1.29 is 13.6 Å². The Kier molecular flexibility index (Phi) is 4.86. The van der Waals surface area contributed by atoms with E-state index in [4.69, 9.17) is 11.6 Å². The highest BCUT2D eigenvalue weighted by atomic mass is 35.5. The highest BCUT2D eigenvalue weighted by molar-refractivity contribution is 7.89. The molecule has 1 aromatic heterocycles. The van der Waals surface area contributed by atoms with E-state index in [1.54, 1.807) is 18.3 Å². The minimum atomic E-state index is -3.82. The molecule has 0 unspecified atom stereocenters. The quantitative estimate of drug-likeness (QED) is 0.626. The van der Waals surface area contributed by atoms with E-state index < -0.39 is 22.1 Å². The van der Waals surface area contributed by atoms with Crippen LogP contribution in [0.1, 0.15) is 44.0 Å². The lowest BCUT2D eigenvalue weighted by molar-refractivity contribution is 0.260. The van der Waals surface area contributed by atoms with Crippen LogP contribution in [-0.2, 0) is 10.0 Å². The van der Waals surface area contributed by atoms with Gasteiger partial charge in [0.1, 0.15) is 5.71 Å². The van der Waals surface area contributed by atoms with Gasteiger partial charge in [0.25, 0.3) is 0 Å². The number of nitrogens with one attached hydrogen (secondary N) is 1. The van der Waals surface area contributed by atoms with Crippen molar-refractivity contribution in [2.75, 3.05) is 0 Å². The Hall–Kier alpha value is -1.90. The number of oxime groups is 1. The minimum absolute atomic E-state index is 0.151. The van der Waals surface area contributed by atoms with Crippen molar-refractivity contribution in [2.24, 2.45) is 5.16 Å². The fraction of sp³-hybridized carbons (Fsp3) is 0.375. The number of fused-ring (bicyclic) bond motifs is 1. The van der Waals surface area contributed by atoms with E-state index in [9.17, 15) is 13.6 Å². The van der Waals surface area contributed by atoms with Crippen LogP contribution in [0, 0.1) is 0 Å². The molecule has 2 heterocycles. The van der Waals surface area contributed by atoms with Crippen LogP contribution in [0.5, 0.6) is 0 Å². The third kappa shape index (κ3) is 2.84. The van der Waals surface area contributed by atoms with Crippen molar-refractivity contribution in [3.05, 3.63) is 46.7 Å². The number of nitrogens with zero attached hydrogens (tertiary/aromatic N) is 3. The lowest BCUT2D eigenvalue weighted by Gasteiger charge is -2.40. The largest absolute Gasteiger partial charge is 0.411 e. The topological polar surface area (TPSA) is 98.6 Å². The third-order valence-electron chi connectivity index (χ3n) is 4.48. The molecule has 134 valence electrons. The number of aromatic amines is 1. The number of benzene rings is 1. The molecule has 0 saturated carbocycles. The number of rotatable bonds is 4. The molecule has 7 nitrogen and oxygen atoms in total. The smallest absolute Gasteiger partial charge is 0.244 e. The van der Waals surface area contributed by atoms with E-state index in [0.29, 0.717) is 29.1 Å². The van der Waals surface area contributed by atoms with Crippen LogP contribution in [0.25, 0.3) is 0 Å². The average molecular weight is 383 g/mol. The predicted octanol–water partition coefficient (Wildman–Crippen LogP) is 3.18. The zero-order valence-corrected chi connectivity index (χ0v) is 15.4. The van der Waals surface area contributed by atoms with E-state index in [1.165, 1.54) is 16.4 Å². The molecule has 0 radical (unpaired) electrons. The Morgan fingerprint density at radius 2 is 1.88 bits per heavy atom. The van der Waals surface area contributed by atoms with Gasteiger partial charge >= 0.3 is 0 Å². The van der Waals surface area contributed by atoms with Crippen LogP contribution < -0.4 is 0 Å². The van der Waals surface area contributed by atoms with Crippen LogP contribution in [0.4, 0.5) is 0 Å². The lowest BCUT2D eigenvalue weighted by atomic mass is 9.92. The third-order valence-corrected chi connectivity index (χ3v) is 6.67. The first-order valence-corrected chi connectivity index (χ1v) is 9.82. The van der Waals surface area contributed by atoms with E-state index in [0.717, 1.165) is 0 Å². The van der Waals surface area contributed by atoms with Crippen LogP contribution in [0.2, 0.25) is 5.02 Å². The van der Waals surface area contributed by atoms with Gasteiger partial charge in [-0.15, -0.1) is 0 Å². The summed E-state index contributed by atoms with van der Waals surface area (Å²) in [6.07, 6.45) is 2.61. The Bertz CT molecular complexity index is 892. The van der Waals surface area contributed by atoms with E-state index in [2.05, 4.69) is 15.4 Å². The first kappa shape index (κ1) is 17.9. The standard InChI is InChI=1S/C16H19ClN4O3S/c1-3-13-12-9-18-19-15(12)16(20-22)14(4-2)21(13)25(23,24)11-7-5-10(17)6-8-11/h5-9,13-14,22H,3-4H2,1-2H3,(H,18,19)/b20-16+/t13-,14+/m1/s1. The van der Waals surface area contributed by atoms with Crippen molar-refractivity contribution in [1.29, 1.82) is 0 Å². The summed E-state index contributed by atoms with van der Waals surface area (Å²) >= 11 is 5.88. The maximum Gasteiger partial charge on any atom is 0.244 e. The maximum absolute atomic E-state index is 13.3. The normalized spacial score (nSPS) is 22.9. The zero-order valence-electron chi connectivity index (χ0n) is 13.8. The molecule has 1 aliphatic rings. The van der Waals surface area contributed by atoms with Crippen molar-refractivity contribution in [1.82, 2.24) is 14.5 Å². The fourth-order valence-electron chi connectivity index (χ4n) is 3.35. The minimum Gasteiger partial charge on any atom is -0.411 e. The highest BCUT2D eigenvalue weighted by Crippen LogP contribution is 2.39. The molecule has 2 N–H and O–H groups in total. The van der Waals surface area contributed by atoms with Crippen LogP contribution in [0.3, 0.4) is 0 Å². The molecule has 25 heavy (non-hydrogen) atoms. The average Bonchev–Trinajstić information content (AvgIpc) is 3.09. The van der Waals surface area contributed by atoms with Gasteiger partial charge in [-0.1, -0.05) is 30.6 Å². The van der Waals surface area contributed by atoms with Gasteiger partial charge < -0.3 is 5.21 Å². The molecule has 0 bridgehead atoms. The van der Waals surface area contributed by atoms with Gasteiger partial charge in [-0.25, -0.2) is 8.42 Å². The molecular weight excluding hydrogens is 364 g/mol. The van der Waals surface area contributed by atoms with Crippen molar-refractivity contribution in [2.45, 2.75) is 43.7 Å². The Balaban J connectivity index is 2.20. The number of hydrogen-bond donors (Lipinski definition) is 2. The lowest BCUT2D eigenvalue weighted by Crippen LogP contribution is -2.50. The summed E-state index contributed by atoms with van der Waals surface area (Å²) in [5.74, 6) is 0. The summed E-state index contributed by atoms with van der Waals surface area (Å²) in [5, 5.41) is 20.2. The molecule has 1 aliphatic heterocycles. The van der Waals surface area contributed by atoms with Crippen LogP contribution >= 0.6 is 11.6 Å². The first-order chi connectivity index (χ1) is 12.0. The molecule has 0 amide bonds. The first-order valence-electron chi connectivity index (χ1n) is 8.00. The number of aromatic nitrogens is 2. The number of hydrogen-bond acceptors (Lipinski definition) is 5. The molecule has 0 spiro atoms. The van der Waals surface area contributed by atoms with E-state index in [-0.39, 0.29) is 10.6 Å². The van der Waals surface area contributed by atoms with Crippen LogP contribution in [0.15, 0.2) is 40.5 Å².